The first-order chi connectivity index (χ1) is 12.7. The number of carbonyl (C=O) groups excluding carboxylic acids is 1. The van der Waals surface area contributed by atoms with Crippen molar-refractivity contribution in [2.75, 3.05) is 25.1 Å². The van der Waals surface area contributed by atoms with E-state index in [0.29, 0.717) is 31.6 Å². The van der Waals surface area contributed by atoms with Gasteiger partial charge in [0.05, 0.1) is 25.3 Å². The second kappa shape index (κ2) is 7.75. The third-order valence-electron chi connectivity index (χ3n) is 5.47. The third kappa shape index (κ3) is 3.61. The van der Waals surface area contributed by atoms with Gasteiger partial charge >= 0.3 is 6.03 Å². The van der Waals surface area contributed by atoms with Crippen molar-refractivity contribution in [1.82, 2.24) is 20.6 Å². The average Bonchev–Trinajstić information content (AvgIpc) is 3.36. The number of hydrogen-bond donors (Lipinski definition) is 3. The van der Waals surface area contributed by atoms with Crippen molar-refractivity contribution < 1.29 is 14.3 Å². The fourth-order valence-electron chi connectivity index (χ4n) is 4.18. The molecule has 3 N–H and O–H groups in total. The SMILES string of the molecule is CCNC(=O)N[C@H]1CO[C@H]2[C@@H]1OC[C@@H]2Nc1nccc(C2CCCC2)n1. The summed E-state index contributed by atoms with van der Waals surface area (Å²) in [6.45, 7) is 3.44. The van der Waals surface area contributed by atoms with Crippen LogP contribution in [0.4, 0.5) is 10.7 Å². The Kier molecular flexibility index (Phi) is 5.21. The van der Waals surface area contributed by atoms with Crippen molar-refractivity contribution in [3.63, 3.8) is 0 Å². The molecule has 2 amide bonds. The zero-order valence-corrected chi connectivity index (χ0v) is 15.1. The van der Waals surface area contributed by atoms with Crippen molar-refractivity contribution in [2.24, 2.45) is 0 Å². The van der Waals surface area contributed by atoms with Crippen LogP contribution in [-0.4, -0.2) is 60.0 Å². The van der Waals surface area contributed by atoms with Gasteiger partial charge in [-0.05, 0) is 25.8 Å². The molecule has 1 saturated carbocycles. The molecule has 2 saturated heterocycles. The summed E-state index contributed by atoms with van der Waals surface area (Å²) in [5.74, 6) is 1.19. The molecule has 1 aliphatic carbocycles. The number of ether oxygens (including phenoxy) is 2. The maximum Gasteiger partial charge on any atom is 0.315 e. The number of fused-ring (bicyclic) bond motifs is 1. The van der Waals surface area contributed by atoms with Crippen LogP contribution in [-0.2, 0) is 9.47 Å². The van der Waals surface area contributed by atoms with Gasteiger partial charge in [0.15, 0.2) is 0 Å². The third-order valence-corrected chi connectivity index (χ3v) is 5.47. The monoisotopic (exact) mass is 361 g/mol. The first-order valence-corrected chi connectivity index (χ1v) is 9.61. The van der Waals surface area contributed by atoms with Gasteiger partial charge in [-0.3, -0.25) is 0 Å². The quantitative estimate of drug-likeness (QED) is 0.733. The molecule has 3 heterocycles. The Morgan fingerprint density at radius 3 is 2.69 bits per heavy atom. The van der Waals surface area contributed by atoms with E-state index in [9.17, 15) is 4.79 Å². The molecule has 26 heavy (non-hydrogen) atoms. The fourth-order valence-corrected chi connectivity index (χ4v) is 4.18. The second-order valence-electron chi connectivity index (χ2n) is 7.24. The van der Waals surface area contributed by atoms with Gasteiger partial charge in [0.2, 0.25) is 5.95 Å². The molecule has 8 heteroatoms. The van der Waals surface area contributed by atoms with Crippen molar-refractivity contribution in [1.29, 1.82) is 0 Å². The number of nitrogens with one attached hydrogen (secondary N) is 3. The lowest BCUT2D eigenvalue weighted by Gasteiger charge is -2.19. The molecule has 2 aliphatic heterocycles. The van der Waals surface area contributed by atoms with Crippen LogP contribution in [0.15, 0.2) is 12.3 Å². The van der Waals surface area contributed by atoms with Gasteiger partial charge in [-0.1, -0.05) is 12.8 Å². The van der Waals surface area contributed by atoms with Gasteiger partial charge in [0.25, 0.3) is 0 Å². The summed E-state index contributed by atoms with van der Waals surface area (Å²) in [6.07, 6.45) is 6.56. The number of hydrogen-bond acceptors (Lipinski definition) is 6. The standard InChI is InChI=1S/C18H27N5O3/c1-2-19-18(24)23-14-10-26-15-13(9-25-16(14)15)22-17-20-8-7-12(21-17)11-5-3-4-6-11/h7-8,11,13-16H,2-6,9-10H2,1H3,(H2,19,23,24)(H,20,21,22)/t13-,14-,15+,16+/m0/s1. The lowest BCUT2D eigenvalue weighted by Crippen LogP contribution is -2.48. The van der Waals surface area contributed by atoms with Gasteiger partial charge in [-0.15, -0.1) is 0 Å². The second-order valence-corrected chi connectivity index (χ2v) is 7.24. The first-order valence-electron chi connectivity index (χ1n) is 9.61. The number of rotatable bonds is 5. The van der Waals surface area contributed by atoms with Crippen LogP contribution < -0.4 is 16.0 Å². The fraction of sp³-hybridized carbons (Fsp3) is 0.722. The van der Waals surface area contributed by atoms with Crippen LogP contribution in [0.1, 0.15) is 44.2 Å². The Balaban J connectivity index is 1.37. The summed E-state index contributed by atoms with van der Waals surface area (Å²) in [7, 11) is 0. The van der Waals surface area contributed by atoms with Crippen molar-refractivity contribution in [3.05, 3.63) is 18.0 Å². The molecule has 1 aromatic rings. The minimum absolute atomic E-state index is 0.0140. The highest BCUT2D eigenvalue weighted by Gasteiger charge is 2.48. The smallest absolute Gasteiger partial charge is 0.315 e. The van der Waals surface area contributed by atoms with Gasteiger partial charge in [0.1, 0.15) is 12.2 Å². The molecule has 1 aromatic heterocycles. The normalized spacial score (nSPS) is 31.0. The Morgan fingerprint density at radius 1 is 1.19 bits per heavy atom. The van der Waals surface area contributed by atoms with E-state index in [2.05, 4.69) is 20.9 Å². The molecular weight excluding hydrogens is 334 g/mol. The van der Waals surface area contributed by atoms with Crippen LogP contribution in [0, 0.1) is 0 Å². The number of anilines is 1. The molecule has 0 radical (unpaired) electrons. The number of amides is 2. The molecule has 8 nitrogen and oxygen atoms in total. The molecule has 4 atom stereocenters. The highest BCUT2D eigenvalue weighted by Crippen LogP contribution is 2.33. The van der Waals surface area contributed by atoms with Gasteiger partial charge in [-0.25, -0.2) is 14.8 Å². The highest BCUT2D eigenvalue weighted by molar-refractivity contribution is 5.74. The summed E-state index contributed by atoms with van der Waals surface area (Å²) >= 11 is 0. The van der Waals surface area contributed by atoms with E-state index in [0.717, 1.165) is 5.69 Å². The molecule has 3 aliphatic rings. The van der Waals surface area contributed by atoms with Gasteiger partial charge in [-0.2, -0.15) is 0 Å². The molecule has 0 spiro atoms. The predicted octanol–water partition coefficient (Wildman–Crippen LogP) is 1.40. The van der Waals surface area contributed by atoms with E-state index in [4.69, 9.17) is 14.5 Å². The molecular formula is C18H27N5O3. The van der Waals surface area contributed by atoms with E-state index in [1.807, 2.05) is 19.2 Å². The minimum Gasteiger partial charge on any atom is -0.371 e. The lowest BCUT2D eigenvalue weighted by atomic mass is 10.0. The van der Waals surface area contributed by atoms with E-state index in [1.165, 1.54) is 25.7 Å². The lowest BCUT2D eigenvalue weighted by molar-refractivity contribution is 0.0682. The average molecular weight is 361 g/mol. The van der Waals surface area contributed by atoms with Crippen molar-refractivity contribution in [2.45, 2.75) is 62.8 Å². The Hall–Kier alpha value is -1.93. The van der Waals surface area contributed by atoms with E-state index < -0.39 is 0 Å². The molecule has 3 fully saturated rings. The number of aromatic nitrogens is 2. The van der Waals surface area contributed by atoms with Crippen LogP contribution in [0.2, 0.25) is 0 Å². The van der Waals surface area contributed by atoms with Crippen LogP contribution in [0.5, 0.6) is 0 Å². The van der Waals surface area contributed by atoms with E-state index in [1.54, 1.807) is 0 Å². The number of carbonyl (C=O) groups is 1. The Bertz CT molecular complexity index is 637. The maximum atomic E-state index is 11.8. The molecule has 0 aromatic carbocycles. The Labute approximate surface area is 153 Å². The van der Waals surface area contributed by atoms with Crippen molar-refractivity contribution in [3.8, 4) is 0 Å². The van der Waals surface area contributed by atoms with Crippen LogP contribution >= 0.6 is 0 Å². The van der Waals surface area contributed by atoms with Crippen molar-refractivity contribution >= 4 is 12.0 Å². The molecule has 0 unspecified atom stereocenters. The first kappa shape index (κ1) is 17.5. The molecule has 142 valence electrons. The van der Waals surface area contributed by atoms with Crippen LogP contribution in [0.25, 0.3) is 0 Å². The number of urea groups is 1. The Morgan fingerprint density at radius 2 is 1.92 bits per heavy atom. The highest BCUT2D eigenvalue weighted by atomic mass is 16.6. The molecule has 0 bridgehead atoms. The summed E-state index contributed by atoms with van der Waals surface area (Å²) in [4.78, 5) is 20.8. The topological polar surface area (TPSA) is 97.4 Å². The zero-order chi connectivity index (χ0) is 17.9. The summed E-state index contributed by atoms with van der Waals surface area (Å²) in [5, 5.41) is 9.04. The largest absolute Gasteiger partial charge is 0.371 e. The van der Waals surface area contributed by atoms with E-state index in [-0.39, 0.29) is 30.3 Å². The summed E-state index contributed by atoms with van der Waals surface area (Å²) in [5.41, 5.74) is 1.12. The summed E-state index contributed by atoms with van der Waals surface area (Å²) in [6, 6.07) is 1.69. The molecule has 4 rings (SSSR count). The van der Waals surface area contributed by atoms with E-state index >= 15 is 0 Å². The zero-order valence-electron chi connectivity index (χ0n) is 15.1. The predicted molar refractivity (Wildman–Crippen MR) is 96.1 cm³/mol. The number of nitrogens with zero attached hydrogens (tertiary/aromatic N) is 2. The maximum absolute atomic E-state index is 11.8. The minimum atomic E-state index is -0.186. The summed E-state index contributed by atoms with van der Waals surface area (Å²) < 4.78 is 11.8. The van der Waals surface area contributed by atoms with Gasteiger partial charge < -0.3 is 25.4 Å². The van der Waals surface area contributed by atoms with Gasteiger partial charge in [0, 0.05) is 24.4 Å². The van der Waals surface area contributed by atoms with Crippen LogP contribution in [0.3, 0.4) is 0 Å².